The van der Waals surface area contributed by atoms with E-state index in [-0.39, 0.29) is 0 Å². The summed E-state index contributed by atoms with van der Waals surface area (Å²) in [6.07, 6.45) is 11.1. The van der Waals surface area contributed by atoms with Crippen LogP contribution in [0.5, 0.6) is 0 Å². The molecule has 3 aromatic heterocycles. The van der Waals surface area contributed by atoms with Gasteiger partial charge in [-0.05, 0) is 29.5 Å². The van der Waals surface area contributed by atoms with E-state index in [1.54, 1.807) is 17.1 Å². The summed E-state index contributed by atoms with van der Waals surface area (Å²) in [7, 11) is 0. The molecule has 0 bridgehead atoms. The van der Waals surface area contributed by atoms with Crippen LogP contribution in [0.25, 0.3) is 11.4 Å². The van der Waals surface area contributed by atoms with Gasteiger partial charge in [0.05, 0.1) is 24.3 Å². The van der Waals surface area contributed by atoms with Crippen LogP contribution in [0, 0.1) is 0 Å². The molecule has 0 radical (unpaired) electrons. The molecule has 3 N–H and O–H groups in total. The third kappa shape index (κ3) is 4.26. The molecule has 9 heteroatoms. The van der Waals surface area contributed by atoms with E-state index < -0.39 is 0 Å². The summed E-state index contributed by atoms with van der Waals surface area (Å²) in [5.41, 5.74) is 7.55. The largest absolute Gasteiger partial charge is 0.383 e. The van der Waals surface area contributed by atoms with Crippen molar-refractivity contribution in [3.05, 3.63) is 60.6 Å². The maximum Gasteiger partial charge on any atom is 0.224 e. The third-order valence-corrected chi connectivity index (χ3v) is 3.46. The zero-order valence-electron chi connectivity index (χ0n) is 14.3. The Morgan fingerprint density at radius 3 is 2.92 bits per heavy atom. The average molecular weight is 349 g/mol. The van der Waals surface area contributed by atoms with Crippen LogP contribution >= 0.6 is 0 Å². The fraction of sp³-hybridized carbons (Fsp3) is 0.176. The maximum atomic E-state index is 6.08. The van der Waals surface area contributed by atoms with Crippen LogP contribution in [0.4, 0.5) is 11.8 Å². The predicted molar refractivity (Wildman–Crippen MR) is 98.8 cm³/mol. The average Bonchev–Trinajstić information content (AvgIpc) is 3.13. The van der Waals surface area contributed by atoms with E-state index in [9.17, 15) is 0 Å². The van der Waals surface area contributed by atoms with Crippen molar-refractivity contribution in [2.24, 2.45) is 0 Å². The Morgan fingerprint density at radius 2 is 2.15 bits per heavy atom. The molecule has 3 rings (SSSR count). The number of rotatable bonds is 7. The van der Waals surface area contributed by atoms with Crippen LogP contribution in [-0.4, -0.2) is 35.2 Å². The number of allylic oxidation sites excluding steroid dienone is 4. The second kappa shape index (κ2) is 8.47. The molecule has 9 nitrogen and oxygen atoms in total. The number of nitrogens with one attached hydrogen (secondary N) is 1. The minimum atomic E-state index is 0.303. The number of nitrogen functional groups attached to an aromatic ring is 1. The standard InChI is InChI=1S/C17H19N9/c1-2-3-4-7-10-26-16(23-24-25-26)14-12-21-17(22-15(14)18)20-11-13-8-5-6-9-19-13/h2-9,12H,10-11H2,1H3,(H3,18,20,21,22)/b3-2-,7-4-. The molecular formula is C17H19N9. The van der Waals surface area contributed by atoms with E-state index in [1.165, 1.54) is 0 Å². The molecule has 0 spiro atoms. The second-order valence-corrected chi connectivity index (χ2v) is 5.31. The first-order valence-corrected chi connectivity index (χ1v) is 8.08. The van der Waals surface area contributed by atoms with Gasteiger partial charge in [-0.25, -0.2) is 9.67 Å². The van der Waals surface area contributed by atoms with E-state index in [4.69, 9.17) is 5.73 Å². The topological polar surface area (TPSA) is 120 Å². The number of hydrogen-bond donors (Lipinski definition) is 2. The fourth-order valence-corrected chi connectivity index (χ4v) is 2.20. The van der Waals surface area contributed by atoms with Gasteiger partial charge in [0.25, 0.3) is 0 Å². The number of nitrogens with two attached hydrogens (primary N) is 1. The molecular weight excluding hydrogens is 330 g/mol. The summed E-state index contributed by atoms with van der Waals surface area (Å²) in [4.78, 5) is 12.8. The highest BCUT2D eigenvalue weighted by Crippen LogP contribution is 2.21. The van der Waals surface area contributed by atoms with E-state index in [0.717, 1.165) is 5.69 Å². The zero-order chi connectivity index (χ0) is 18.2. The van der Waals surface area contributed by atoms with Gasteiger partial charge in [-0.15, -0.1) is 5.10 Å². The summed E-state index contributed by atoms with van der Waals surface area (Å²) in [5.74, 6) is 1.24. The number of hydrogen-bond acceptors (Lipinski definition) is 8. The number of aromatic nitrogens is 7. The molecule has 0 unspecified atom stereocenters. The van der Waals surface area contributed by atoms with Crippen LogP contribution < -0.4 is 11.1 Å². The van der Waals surface area contributed by atoms with E-state index in [2.05, 4.69) is 35.8 Å². The van der Waals surface area contributed by atoms with Crippen molar-refractivity contribution in [1.29, 1.82) is 0 Å². The van der Waals surface area contributed by atoms with E-state index >= 15 is 0 Å². The summed E-state index contributed by atoms with van der Waals surface area (Å²) >= 11 is 0. The number of pyridine rings is 1. The van der Waals surface area contributed by atoms with Crippen molar-refractivity contribution >= 4 is 11.8 Å². The Morgan fingerprint density at radius 1 is 1.23 bits per heavy atom. The lowest BCUT2D eigenvalue weighted by Crippen LogP contribution is -2.08. The Labute approximate surface area is 150 Å². The molecule has 0 saturated heterocycles. The molecule has 0 saturated carbocycles. The normalized spacial score (nSPS) is 11.4. The van der Waals surface area contributed by atoms with Gasteiger partial charge in [-0.1, -0.05) is 30.4 Å². The molecule has 0 atom stereocenters. The molecule has 0 aliphatic heterocycles. The zero-order valence-corrected chi connectivity index (χ0v) is 14.3. The Kier molecular flexibility index (Phi) is 5.61. The van der Waals surface area contributed by atoms with Crippen molar-refractivity contribution in [1.82, 2.24) is 35.2 Å². The van der Waals surface area contributed by atoms with Gasteiger partial charge < -0.3 is 11.1 Å². The minimum absolute atomic E-state index is 0.303. The molecule has 0 amide bonds. The van der Waals surface area contributed by atoms with Crippen LogP contribution in [0.3, 0.4) is 0 Å². The van der Waals surface area contributed by atoms with E-state index in [0.29, 0.717) is 36.2 Å². The van der Waals surface area contributed by atoms with Crippen molar-refractivity contribution in [2.75, 3.05) is 11.1 Å². The molecule has 26 heavy (non-hydrogen) atoms. The van der Waals surface area contributed by atoms with Crippen molar-refractivity contribution in [3.63, 3.8) is 0 Å². The molecule has 0 aromatic carbocycles. The monoisotopic (exact) mass is 349 g/mol. The van der Waals surface area contributed by atoms with Crippen molar-refractivity contribution in [2.45, 2.75) is 20.0 Å². The maximum absolute atomic E-state index is 6.08. The SMILES string of the molecule is C/C=C\C=C/Cn1nnnc1-c1cnc(NCc2ccccn2)nc1N. The van der Waals surface area contributed by atoms with Crippen molar-refractivity contribution < 1.29 is 0 Å². The quantitative estimate of drug-likeness (QED) is 0.620. The molecule has 3 aromatic rings. The first-order chi connectivity index (χ1) is 12.8. The summed E-state index contributed by atoms with van der Waals surface area (Å²) in [5, 5.41) is 14.8. The lowest BCUT2D eigenvalue weighted by Gasteiger charge is -2.08. The second-order valence-electron chi connectivity index (χ2n) is 5.31. The smallest absolute Gasteiger partial charge is 0.224 e. The number of anilines is 2. The summed E-state index contributed by atoms with van der Waals surface area (Å²) in [6.45, 7) is 2.98. The summed E-state index contributed by atoms with van der Waals surface area (Å²) < 4.78 is 1.63. The molecule has 3 heterocycles. The van der Waals surface area contributed by atoms with Crippen LogP contribution in [0.1, 0.15) is 12.6 Å². The number of tetrazole rings is 1. The van der Waals surface area contributed by atoms with Gasteiger partial charge >= 0.3 is 0 Å². The highest BCUT2D eigenvalue weighted by molar-refractivity contribution is 5.68. The Balaban J connectivity index is 1.73. The van der Waals surface area contributed by atoms with E-state index in [1.807, 2.05) is 49.4 Å². The van der Waals surface area contributed by atoms with Crippen molar-refractivity contribution in [3.8, 4) is 11.4 Å². The van der Waals surface area contributed by atoms with Gasteiger partial charge in [0, 0.05) is 12.4 Å². The number of nitrogens with zero attached hydrogens (tertiary/aromatic N) is 7. The first-order valence-electron chi connectivity index (χ1n) is 8.08. The minimum Gasteiger partial charge on any atom is -0.383 e. The van der Waals surface area contributed by atoms with Gasteiger partial charge in [-0.3, -0.25) is 4.98 Å². The van der Waals surface area contributed by atoms with Gasteiger partial charge in [0.1, 0.15) is 5.82 Å². The molecule has 0 aliphatic rings. The highest BCUT2D eigenvalue weighted by atomic mass is 15.5. The Hall–Kier alpha value is -3.62. The molecule has 132 valence electrons. The third-order valence-electron chi connectivity index (χ3n) is 3.46. The first kappa shape index (κ1) is 17.2. The highest BCUT2D eigenvalue weighted by Gasteiger charge is 2.13. The summed E-state index contributed by atoms with van der Waals surface area (Å²) in [6, 6.07) is 5.71. The lowest BCUT2D eigenvalue weighted by molar-refractivity contribution is 0.664. The Bertz CT molecular complexity index is 900. The van der Waals surface area contributed by atoms with Crippen LogP contribution in [0.2, 0.25) is 0 Å². The molecule has 0 aliphatic carbocycles. The predicted octanol–water partition coefficient (Wildman–Crippen LogP) is 1.85. The van der Waals surface area contributed by atoms with Gasteiger partial charge in [-0.2, -0.15) is 4.98 Å². The fourth-order valence-electron chi connectivity index (χ4n) is 2.20. The van der Waals surface area contributed by atoms with Gasteiger partial charge in [0.15, 0.2) is 5.82 Å². The van der Waals surface area contributed by atoms with Crippen LogP contribution in [0.15, 0.2) is 54.9 Å². The van der Waals surface area contributed by atoms with Gasteiger partial charge in [0.2, 0.25) is 5.95 Å². The molecule has 0 fully saturated rings. The van der Waals surface area contributed by atoms with Crippen LogP contribution in [-0.2, 0) is 13.1 Å². The lowest BCUT2D eigenvalue weighted by atomic mass is 10.3.